The van der Waals surface area contributed by atoms with E-state index >= 15 is 0 Å². The minimum atomic E-state index is -0.125. The number of nitriles is 1. The first kappa shape index (κ1) is 14.4. The van der Waals surface area contributed by atoms with E-state index in [1.807, 2.05) is 18.2 Å². The number of thioether (sulfide) groups is 1. The lowest BCUT2D eigenvalue weighted by molar-refractivity contribution is 0.816. The highest BCUT2D eigenvalue weighted by Crippen LogP contribution is 2.20. The van der Waals surface area contributed by atoms with Crippen molar-refractivity contribution in [2.75, 3.05) is 0 Å². The number of nitrogens with one attached hydrogen (secondary N) is 1. The Bertz CT molecular complexity index is 688. The Labute approximate surface area is 121 Å². The van der Waals surface area contributed by atoms with E-state index in [2.05, 4.69) is 23.0 Å². The Morgan fingerprint density at radius 1 is 1.40 bits per heavy atom. The summed E-state index contributed by atoms with van der Waals surface area (Å²) in [4.78, 5) is 18.7. The van der Waals surface area contributed by atoms with Gasteiger partial charge in [-0.3, -0.25) is 4.79 Å². The number of hydrogen-bond donors (Lipinski definition) is 1. The second kappa shape index (κ2) is 6.92. The molecule has 1 aromatic heterocycles. The van der Waals surface area contributed by atoms with Crippen molar-refractivity contribution in [2.24, 2.45) is 0 Å². The van der Waals surface area contributed by atoms with Gasteiger partial charge in [0.1, 0.15) is 0 Å². The molecule has 0 aliphatic carbocycles. The summed E-state index contributed by atoms with van der Waals surface area (Å²) >= 11 is 1.44. The third-order valence-electron chi connectivity index (χ3n) is 2.78. The fourth-order valence-corrected chi connectivity index (χ4v) is 2.74. The van der Waals surface area contributed by atoms with Crippen molar-refractivity contribution < 1.29 is 0 Å². The molecular weight excluding hydrogens is 270 g/mol. The Balaban J connectivity index is 2.15. The van der Waals surface area contributed by atoms with Gasteiger partial charge in [-0.2, -0.15) is 5.26 Å². The molecule has 0 bridgehead atoms. The largest absolute Gasteiger partial charge is 0.301 e. The highest BCUT2D eigenvalue weighted by Gasteiger charge is 2.05. The van der Waals surface area contributed by atoms with Crippen LogP contribution in [0.4, 0.5) is 0 Å². The first-order valence-corrected chi connectivity index (χ1v) is 7.42. The van der Waals surface area contributed by atoms with E-state index in [0.717, 1.165) is 24.1 Å². The molecule has 0 saturated carbocycles. The minimum Gasteiger partial charge on any atom is -0.301 e. The van der Waals surface area contributed by atoms with Gasteiger partial charge in [-0.1, -0.05) is 43.3 Å². The van der Waals surface area contributed by atoms with Crippen LogP contribution in [0.5, 0.6) is 0 Å². The van der Waals surface area contributed by atoms with E-state index in [1.165, 1.54) is 17.8 Å². The summed E-state index contributed by atoms with van der Waals surface area (Å²) in [5.74, 6) is 0.613. The fourth-order valence-electron chi connectivity index (χ4n) is 1.84. The first-order chi connectivity index (χ1) is 9.72. The smallest absolute Gasteiger partial charge is 0.251 e. The second-order valence-electron chi connectivity index (χ2n) is 4.35. The number of aromatic amines is 1. The summed E-state index contributed by atoms with van der Waals surface area (Å²) in [5.41, 5.74) is 2.29. The molecule has 1 heterocycles. The number of hydrogen-bond acceptors (Lipinski definition) is 4. The van der Waals surface area contributed by atoms with Gasteiger partial charge in [0.15, 0.2) is 5.16 Å². The van der Waals surface area contributed by atoms with Gasteiger partial charge in [-0.25, -0.2) is 4.98 Å². The molecular formula is C15H15N3OS. The summed E-state index contributed by atoms with van der Waals surface area (Å²) < 4.78 is 0. The number of rotatable bonds is 5. The number of nitrogens with zero attached hydrogens (tertiary/aromatic N) is 2. The molecule has 5 heteroatoms. The van der Waals surface area contributed by atoms with Crippen molar-refractivity contribution in [3.05, 3.63) is 57.5 Å². The number of aromatic nitrogens is 2. The maximum Gasteiger partial charge on any atom is 0.251 e. The third kappa shape index (κ3) is 3.72. The van der Waals surface area contributed by atoms with Crippen LogP contribution in [0.3, 0.4) is 0 Å². The monoisotopic (exact) mass is 285 g/mol. The fraction of sp³-hybridized carbons (Fsp3) is 0.267. The van der Waals surface area contributed by atoms with Crippen molar-refractivity contribution in [2.45, 2.75) is 30.7 Å². The zero-order valence-electron chi connectivity index (χ0n) is 11.2. The number of H-pyrrole nitrogens is 1. The van der Waals surface area contributed by atoms with Crippen LogP contribution in [0.1, 0.15) is 30.2 Å². The van der Waals surface area contributed by atoms with Crippen LogP contribution in [0.15, 0.2) is 40.3 Å². The lowest BCUT2D eigenvalue weighted by Gasteiger charge is -2.04. The second-order valence-corrected chi connectivity index (χ2v) is 5.31. The van der Waals surface area contributed by atoms with Gasteiger partial charge in [0.25, 0.3) is 5.56 Å². The molecule has 0 atom stereocenters. The lowest BCUT2D eigenvalue weighted by Crippen LogP contribution is -2.10. The molecule has 20 heavy (non-hydrogen) atoms. The van der Waals surface area contributed by atoms with Crippen LogP contribution in [-0.4, -0.2) is 9.97 Å². The molecule has 0 radical (unpaired) electrons. The average Bonchev–Trinajstić information content (AvgIpc) is 2.45. The van der Waals surface area contributed by atoms with E-state index in [4.69, 9.17) is 5.26 Å². The molecule has 2 rings (SSSR count). The highest BCUT2D eigenvalue weighted by atomic mass is 32.2. The number of aryl methyl sites for hydroxylation is 1. The van der Waals surface area contributed by atoms with Crippen LogP contribution in [-0.2, 0) is 12.2 Å². The van der Waals surface area contributed by atoms with Crippen molar-refractivity contribution in [3.8, 4) is 6.07 Å². The van der Waals surface area contributed by atoms with Crippen molar-refractivity contribution >= 4 is 11.8 Å². The van der Waals surface area contributed by atoms with E-state index in [1.54, 1.807) is 6.07 Å². The normalized spacial score (nSPS) is 10.2. The minimum absolute atomic E-state index is 0.125. The van der Waals surface area contributed by atoms with Gasteiger partial charge in [0.2, 0.25) is 0 Å². The Morgan fingerprint density at radius 2 is 2.20 bits per heavy atom. The predicted molar refractivity (Wildman–Crippen MR) is 79.6 cm³/mol. The molecule has 0 spiro atoms. The molecule has 4 nitrogen and oxygen atoms in total. The summed E-state index contributed by atoms with van der Waals surface area (Å²) in [6.45, 7) is 2.05. The molecule has 0 amide bonds. The Kier molecular flexibility index (Phi) is 4.97. The van der Waals surface area contributed by atoms with Crippen molar-refractivity contribution in [1.82, 2.24) is 9.97 Å². The first-order valence-electron chi connectivity index (χ1n) is 6.44. The summed E-state index contributed by atoms with van der Waals surface area (Å²) in [6, 6.07) is 11.2. The SMILES string of the molecule is CCCc1cc(=O)[nH]c(SCc2ccccc2C#N)n1. The predicted octanol–water partition coefficient (Wildman–Crippen LogP) is 2.89. The highest BCUT2D eigenvalue weighted by molar-refractivity contribution is 7.98. The molecule has 102 valence electrons. The molecule has 1 aromatic carbocycles. The maximum absolute atomic E-state index is 11.6. The van der Waals surface area contributed by atoms with Gasteiger partial charge >= 0.3 is 0 Å². The molecule has 0 fully saturated rings. The van der Waals surface area contributed by atoms with Gasteiger partial charge in [0.05, 0.1) is 11.6 Å². The van der Waals surface area contributed by atoms with Gasteiger partial charge in [-0.15, -0.1) is 0 Å². The average molecular weight is 285 g/mol. The molecule has 0 aliphatic rings. The number of benzene rings is 1. The molecule has 0 aliphatic heterocycles. The summed E-state index contributed by atoms with van der Waals surface area (Å²) in [6.07, 6.45) is 1.75. The zero-order valence-corrected chi connectivity index (χ0v) is 12.0. The van der Waals surface area contributed by atoms with E-state index in [0.29, 0.717) is 16.5 Å². The molecule has 0 saturated heterocycles. The van der Waals surface area contributed by atoms with E-state index in [9.17, 15) is 4.79 Å². The summed E-state index contributed by atoms with van der Waals surface area (Å²) in [5, 5.41) is 9.65. The van der Waals surface area contributed by atoms with E-state index < -0.39 is 0 Å². The Morgan fingerprint density at radius 3 is 2.95 bits per heavy atom. The Hall–Kier alpha value is -2.06. The van der Waals surface area contributed by atoms with Gasteiger partial charge in [-0.05, 0) is 18.1 Å². The van der Waals surface area contributed by atoms with Crippen LogP contribution >= 0.6 is 11.8 Å². The molecule has 2 aromatic rings. The molecule has 0 unspecified atom stereocenters. The standard InChI is InChI=1S/C15H15N3OS/c1-2-5-13-8-14(19)18-15(17-13)20-10-12-7-4-3-6-11(12)9-16/h3-4,6-8H,2,5,10H2,1H3,(H,17,18,19). The van der Waals surface area contributed by atoms with E-state index in [-0.39, 0.29) is 5.56 Å². The lowest BCUT2D eigenvalue weighted by atomic mass is 10.1. The quantitative estimate of drug-likeness (QED) is 0.677. The summed E-state index contributed by atoms with van der Waals surface area (Å²) in [7, 11) is 0. The van der Waals surface area contributed by atoms with Gasteiger partial charge in [0, 0.05) is 17.5 Å². The van der Waals surface area contributed by atoms with Crippen molar-refractivity contribution in [1.29, 1.82) is 5.26 Å². The van der Waals surface area contributed by atoms with Crippen molar-refractivity contribution in [3.63, 3.8) is 0 Å². The zero-order chi connectivity index (χ0) is 14.4. The van der Waals surface area contributed by atoms with Crippen LogP contribution in [0.25, 0.3) is 0 Å². The van der Waals surface area contributed by atoms with Crippen LogP contribution in [0, 0.1) is 11.3 Å². The van der Waals surface area contributed by atoms with Crippen LogP contribution in [0.2, 0.25) is 0 Å². The van der Waals surface area contributed by atoms with Gasteiger partial charge < -0.3 is 4.98 Å². The van der Waals surface area contributed by atoms with Crippen LogP contribution < -0.4 is 5.56 Å². The third-order valence-corrected chi connectivity index (χ3v) is 3.70. The maximum atomic E-state index is 11.6. The topological polar surface area (TPSA) is 69.5 Å². The molecule has 1 N–H and O–H groups in total.